The molecule has 14 heteroatoms. The number of nitrogens with zero attached hydrogens (tertiary/aromatic N) is 4. The molecule has 1 heterocycles. The van der Waals surface area contributed by atoms with E-state index in [1.165, 1.54) is 0 Å². The monoisotopic (exact) mass is 394 g/mol. The van der Waals surface area contributed by atoms with Gasteiger partial charge in [-0.2, -0.15) is 0 Å². The molecule has 0 aromatic heterocycles. The molecule has 0 amide bonds. The van der Waals surface area contributed by atoms with Crippen molar-refractivity contribution < 1.29 is 23.9 Å². The average molecular weight is 394 g/mol. The van der Waals surface area contributed by atoms with Crippen LogP contribution in [0, 0.1) is 40.5 Å². The van der Waals surface area contributed by atoms with E-state index < -0.39 is 63.0 Å². The number of benzene rings is 2. The van der Waals surface area contributed by atoms with Crippen molar-refractivity contribution in [2.75, 3.05) is 0 Å². The Morgan fingerprint density at radius 3 is 1.33 bits per heavy atom. The normalized spacial score (nSPS) is 12.7. The summed E-state index contributed by atoms with van der Waals surface area (Å²) >= 11 is 0. The number of non-ortho nitro benzene ring substituents is 2. The fourth-order valence-electron chi connectivity index (χ4n) is 2.79. The Morgan fingerprint density at radius 1 is 0.667 bits per heavy atom. The number of nitro benzene ring substituents is 4. The quantitative estimate of drug-likeness (QED) is 0.472. The van der Waals surface area contributed by atoms with E-state index in [4.69, 9.17) is 0 Å². The lowest BCUT2D eigenvalue weighted by atomic mass is 10.0. The highest BCUT2D eigenvalue weighted by molar-refractivity contribution is 7.85. The van der Waals surface area contributed by atoms with Crippen molar-refractivity contribution in [3.63, 3.8) is 0 Å². The van der Waals surface area contributed by atoms with Crippen molar-refractivity contribution in [3.05, 3.63) is 75.8 Å². The molecule has 2 aromatic carbocycles. The Kier molecular flexibility index (Phi) is 4.11. The Bertz CT molecular complexity index is 1010. The summed E-state index contributed by atoms with van der Waals surface area (Å²) in [5.41, 5.74) is -2.98. The molecule has 2 aromatic rings. The van der Waals surface area contributed by atoms with Crippen LogP contribution < -0.4 is 0 Å². The molecule has 0 bridgehead atoms. The van der Waals surface area contributed by atoms with Crippen molar-refractivity contribution >= 4 is 33.5 Å². The van der Waals surface area contributed by atoms with Gasteiger partial charge in [-0.05, 0) is 11.1 Å². The molecule has 0 radical (unpaired) electrons. The van der Waals surface area contributed by atoms with Gasteiger partial charge in [-0.25, -0.2) is 4.21 Å². The second-order valence-electron chi connectivity index (χ2n) is 5.38. The lowest BCUT2D eigenvalue weighted by Crippen LogP contribution is -2.14. The van der Waals surface area contributed by atoms with E-state index in [2.05, 4.69) is 0 Å². The summed E-state index contributed by atoms with van der Waals surface area (Å²) < 4.78 is 12.9. The summed E-state index contributed by atoms with van der Waals surface area (Å²) in [6, 6.07) is 3.18. The van der Waals surface area contributed by atoms with Crippen LogP contribution in [0.4, 0.5) is 22.7 Å². The van der Waals surface area contributed by atoms with Crippen LogP contribution in [0.25, 0.3) is 0 Å². The molecule has 0 N–H and O–H groups in total. The summed E-state index contributed by atoms with van der Waals surface area (Å²) in [7, 11) is -2.43. The predicted molar refractivity (Wildman–Crippen MR) is 87.0 cm³/mol. The minimum absolute atomic E-state index is 0.0588. The zero-order valence-corrected chi connectivity index (χ0v) is 13.7. The molecule has 3 rings (SSSR count). The molecule has 0 spiro atoms. The number of fused-ring (bicyclic) bond motifs is 2. The first kappa shape index (κ1) is 18.0. The zero-order chi connectivity index (χ0) is 20.0. The Hall–Kier alpha value is -3.81. The highest BCUT2D eigenvalue weighted by atomic mass is 32.2. The van der Waals surface area contributed by atoms with Gasteiger partial charge in [-0.15, -0.1) is 0 Å². The van der Waals surface area contributed by atoms with E-state index in [0.717, 1.165) is 12.1 Å². The molecule has 13 nitrogen and oxygen atoms in total. The minimum atomic E-state index is -2.43. The van der Waals surface area contributed by atoms with Crippen molar-refractivity contribution in [3.8, 4) is 0 Å². The fraction of sp³-hybridized carbons (Fsp3) is 0.0769. The van der Waals surface area contributed by atoms with Crippen LogP contribution in [0.3, 0.4) is 0 Å². The maximum atomic E-state index is 12.9. The van der Waals surface area contributed by atoms with Gasteiger partial charge in [0.15, 0.2) is 0 Å². The van der Waals surface area contributed by atoms with Crippen LogP contribution >= 0.6 is 0 Å². The Labute approximate surface area is 150 Å². The third-order valence-corrected chi connectivity index (χ3v) is 5.51. The minimum Gasteiger partial charge on any atom is -0.258 e. The van der Waals surface area contributed by atoms with Gasteiger partial charge >= 0.3 is 0 Å². The summed E-state index contributed by atoms with van der Waals surface area (Å²) in [5.74, 6) is 0. The van der Waals surface area contributed by atoms with Gasteiger partial charge < -0.3 is 0 Å². The Balaban J connectivity index is 2.35. The number of hydrogen-bond donors (Lipinski definition) is 0. The molecule has 0 unspecified atom stereocenters. The van der Waals surface area contributed by atoms with Crippen molar-refractivity contribution in [2.24, 2.45) is 0 Å². The molecule has 1 aliphatic heterocycles. The molecule has 0 saturated carbocycles. The number of hydrogen-bond acceptors (Lipinski definition) is 9. The molecule has 0 aliphatic carbocycles. The number of rotatable bonds is 4. The van der Waals surface area contributed by atoms with Gasteiger partial charge in [0.1, 0.15) is 9.79 Å². The van der Waals surface area contributed by atoms with Crippen molar-refractivity contribution in [1.29, 1.82) is 0 Å². The molecule has 0 fully saturated rings. The summed E-state index contributed by atoms with van der Waals surface area (Å²) in [4.78, 5) is 40.1. The smallest absolute Gasteiger partial charge is 0.258 e. The molecular weight excluding hydrogens is 388 g/mol. The van der Waals surface area contributed by atoms with E-state index >= 15 is 0 Å². The topological polar surface area (TPSA) is 190 Å². The average Bonchev–Trinajstić information content (AvgIpc) is 2.59. The first-order chi connectivity index (χ1) is 12.6. The lowest BCUT2D eigenvalue weighted by molar-refractivity contribution is -0.396. The standard InChI is InChI=1S/C13H6N4O9S/c18-14(19)8-2-6-1-7-3-9(15(20)21)5-11(17(24)25)13(7)27(26)12(6)10(4-8)16(22)23/h2-5H,1H2. The van der Waals surface area contributed by atoms with Gasteiger partial charge in [-0.1, -0.05) is 0 Å². The first-order valence-electron chi connectivity index (χ1n) is 6.95. The van der Waals surface area contributed by atoms with Gasteiger partial charge in [0.2, 0.25) is 0 Å². The fourth-order valence-corrected chi connectivity index (χ4v) is 4.38. The predicted octanol–water partition coefficient (Wildman–Crippen LogP) is 2.39. The van der Waals surface area contributed by atoms with Crippen LogP contribution in [-0.4, -0.2) is 23.9 Å². The van der Waals surface area contributed by atoms with Crippen LogP contribution in [0.15, 0.2) is 34.1 Å². The molecule has 138 valence electrons. The first-order valence-corrected chi connectivity index (χ1v) is 8.10. The molecule has 27 heavy (non-hydrogen) atoms. The second-order valence-corrected chi connectivity index (χ2v) is 6.73. The van der Waals surface area contributed by atoms with E-state index in [9.17, 15) is 44.7 Å². The van der Waals surface area contributed by atoms with Crippen molar-refractivity contribution in [1.82, 2.24) is 0 Å². The second kappa shape index (κ2) is 6.17. The van der Waals surface area contributed by atoms with Crippen LogP contribution in [0.2, 0.25) is 0 Å². The van der Waals surface area contributed by atoms with Crippen molar-refractivity contribution in [2.45, 2.75) is 16.2 Å². The lowest BCUT2D eigenvalue weighted by Gasteiger charge is -2.18. The molecule has 0 saturated heterocycles. The highest BCUT2D eigenvalue weighted by Gasteiger charge is 2.38. The summed E-state index contributed by atoms with van der Waals surface area (Å²) in [6.45, 7) is 0. The zero-order valence-electron chi connectivity index (χ0n) is 12.9. The van der Waals surface area contributed by atoms with Gasteiger partial charge in [0.25, 0.3) is 22.7 Å². The van der Waals surface area contributed by atoms with E-state index in [0.29, 0.717) is 12.1 Å². The van der Waals surface area contributed by atoms with Gasteiger partial charge in [0.05, 0.1) is 42.6 Å². The van der Waals surface area contributed by atoms with Crippen LogP contribution in [0.1, 0.15) is 11.1 Å². The van der Waals surface area contributed by atoms with Crippen LogP contribution in [-0.2, 0) is 17.2 Å². The van der Waals surface area contributed by atoms with E-state index in [1.807, 2.05) is 0 Å². The SMILES string of the molecule is O=[N+]([O-])c1cc2c(c([N+](=O)[O-])c1)S(=O)c1c(cc([N+](=O)[O-])cc1[N+](=O)[O-])C2. The molecule has 0 atom stereocenters. The Morgan fingerprint density at radius 2 is 1.04 bits per heavy atom. The van der Waals surface area contributed by atoms with E-state index in [-0.39, 0.29) is 17.5 Å². The van der Waals surface area contributed by atoms with Gasteiger partial charge in [0, 0.05) is 18.6 Å². The summed E-state index contributed by atoms with van der Waals surface area (Å²) in [5, 5.41) is 44.6. The number of nitro groups is 4. The van der Waals surface area contributed by atoms with Crippen LogP contribution in [0.5, 0.6) is 0 Å². The molecule has 1 aliphatic rings. The highest BCUT2D eigenvalue weighted by Crippen LogP contribution is 2.44. The largest absolute Gasteiger partial charge is 0.292 e. The van der Waals surface area contributed by atoms with Gasteiger partial charge in [-0.3, -0.25) is 40.5 Å². The third-order valence-electron chi connectivity index (χ3n) is 3.83. The molecular formula is C13H6N4O9S. The summed E-state index contributed by atoms with van der Waals surface area (Å²) in [6.07, 6.45) is -0.318. The maximum Gasteiger partial charge on any atom is 0.292 e. The third kappa shape index (κ3) is 2.86. The maximum absolute atomic E-state index is 12.9. The van der Waals surface area contributed by atoms with E-state index in [1.54, 1.807) is 0 Å².